The smallest absolute Gasteiger partial charge is 0.277 e. The third-order valence-electron chi connectivity index (χ3n) is 5.20. The fourth-order valence-corrected chi connectivity index (χ4v) is 4.60. The van der Waals surface area contributed by atoms with Gasteiger partial charge in [-0.3, -0.25) is 19.3 Å². The number of thiophene rings is 1. The molecule has 0 saturated carbocycles. The third kappa shape index (κ3) is 4.43. The average Bonchev–Trinajstić information content (AvgIpc) is 3.39. The summed E-state index contributed by atoms with van der Waals surface area (Å²) in [6.45, 7) is 2.22. The van der Waals surface area contributed by atoms with Gasteiger partial charge in [0, 0.05) is 37.9 Å². The molecule has 4 rings (SSSR count). The van der Waals surface area contributed by atoms with Gasteiger partial charge in [0.1, 0.15) is 5.70 Å². The zero-order valence-electron chi connectivity index (χ0n) is 16.6. The molecule has 162 valence electrons. The predicted molar refractivity (Wildman–Crippen MR) is 119 cm³/mol. The number of hydrogen-bond acceptors (Lipinski definition) is 7. The van der Waals surface area contributed by atoms with E-state index in [0.717, 1.165) is 15.5 Å². The van der Waals surface area contributed by atoms with Gasteiger partial charge >= 0.3 is 0 Å². The minimum atomic E-state index is -0.481. The molecule has 0 unspecified atom stereocenters. The standard InChI is InChI=1S/C21H21ClN4O4S/c22-15-12-14(23-16-13-19(28)26(9-10-27)20(16)29)3-4-17(15)24-5-7-25(8-6-24)21(30)18-2-1-11-31-18/h1-4,11-13,23,27H,5-10H2. The number of aliphatic hydroxyl groups excluding tert-OH is 1. The molecule has 1 fully saturated rings. The topological polar surface area (TPSA) is 93.2 Å². The molecule has 0 aliphatic carbocycles. The van der Waals surface area contributed by atoms with Crippen LogP contribution >= 0.6 is 22.9 Å². The number of carbonyl (C=O) groups is 3. The zero-order valence-corrected chi connectivity index (χ0v) is 18.2. The van der Waals surface area contributed by atoms with Crippen molar-refractivity contribution in [3.8, 4) is 0 Å². The first kappa shape index (κ1) is 21.4. The van der Waals surface area contributed by atoms with E-state index in [1.165, 1.54) is 17.4 Å². The van der Waals surface area contributed by atoms with Gasteiger partial charge < -0.3 is 20.2 Å². The van der Waals surface area contributed by atoms with Gasteiger partial charge in [0.15, 0.2) is 0 Å². The highest BCUT2D eigenvalue weighted by molar-refractivity contribution is 7.12. The van der Waals surface area contributed by atoms with Crippen molar-refractivity contribution >= 4 is 52.0 Å². The second kappa shape index (κ2) is 9.09. The van der Waals surface area contributed by atoms with E-state index in [1.54, 1.807) is 12.1 Å². The molecular weight excluding hydrogens is 440 g/mol. The van der Waals surface area contributed by atoms with Crippen molar-refractivity contribution in [1.82, 2.24) is 9.80 Å². The largest absolute Gasteiger partial charge is 0.395 e. The van der Waals surface area contributed by atoms with Gasteiger partial charge in [-0.2, -0.15) is 0 Å². The van der Waals surface area contributed by atoms with Crippen molar-refractivity contribution in [2.24, 2.45) is 0 Å². The van der Waals surface area contributed by atoms with Gasteiger partial charge in [-0.1, -0.05) is 17.7 Å². The van der Waals surface area contributed by atoms with Crippen molar-refractivity contribution in [3.05, 3.63) is 57.4 Å². The lowest BCUT2D eigenvalue weighted by molar-refractivity contribution is -0.137. The third-order valence-corrected chi connectivity index (χ3v) is 6.36. The number of piperazine rings is 1. The Labute approximate surface area is 188 Å². The Bertz CT molecular complexity index is 1030. The summed E-state index contributed by atoms with van der Waals surface area (Å²) in [7, 11) is 0. The summed E-state index contributed by atoms with van der Waals surface area (Å²) < 4.78 is 0. The monoisotopic (exact) mass is 460 g/mol. The molecule has 1 aromatic heterocycles. The lowest BCUT2D eigenvalue weighted by atomic mass is 10.2. The molecule has 0 radical (unpaired) electrons. The van der Waals surface area contributed by atoms with E-state index < -0.39 is 11.8 Å². The molecule has 10 heteroatoms. The minimum Gasteiger partial charge on any atom is -0.395 e. The molecule has 3 amide bonds. The maximum absolute atomic E-state index is 12.5. The summed E-state index contributed by atoms with van der Waals surface area (Å²) in [4.78, 5) is 42.3. The number of β-amino-alcohol motifs (C(OH)–C–C–N with tert-alkyl or cyclic N) is 1. The fourth-order valence-electron chi connectivity index (χ4n) is 3.61. The van der Waals surface area contributed by atoms with Crippen molar-refractivity contribution in [1.29, 1.82) is 0 Å². The minimum absolute atomic E-state index is 0.0417. The molecule has 8 nitrogen and oxygen atoms in total. The Hall–Kier alpha value is -2.88. The van der Waals surface area contributed by atoms with Crippen LogP contribution in [0.4, 0.5) is 11.4 Å². The molecule has 0 spiro atoms. The molecule has 3 heterocycles. The molecule has 0 atom stereocenters. The fraction of sp³-hybridized carbons (Fsp3) is 0.286. The second-order valence-electron chi connectivity index (χ2n) is 7.12. The number of aliphatic hydroxyl groups is 1. The van der Waals surface area contributed by atoms with Crippen LogP contribution in [0.2, 0.25) is 5.02 Å². The van der Waals surface area contributed by atoms with Gasteiger partial charge in [0.2, 0.25) is 0 Å². The number of halogens is 1. The lowest BCUT2D eigenvalue weighted by Gasteiger charge is -2.36. The predicted octanol–water partition coefficient (Wildman–Crippen LogP) is 2.02. The first-order valence-corrected chi connectivity index (χ1v) is 11.1. The summed E-state index contributed by atoms with van der Waals surface area (Å²) in [5.41, 5.74) is 1.57. The Morgan fingerprint density at radius 1 is 1.16 bits per heavy atom. The van der Waals surface area contributed by atoms with Crippen molar-refractivity contribution < 1.29 is 19.5 Å². The van der Waals surface area contributed by atoms with E-state index in [9.17, 15) is 14.4 Å². The Kier molecular flexibility index (Phi) is 6.26. The first-order valence-electron chi connectivity index (χ1n) is 9.80. The highest BCUT2D eigenvalue weighted by Gasteiger charge is 2.31. The number of nitrogens with zero attached hydrogens (tertiary/aromatic N) is 3. The highest BCUT2D eigenvalue weighted by Crippen LogP contribution is 2.31. The van der Waals surface area contributed by atoms with Gasteiger partial charge in [-0.15, -0.1) is 11.3 Å². The van der Waals surface area contributed by atoms with E-state index in [4.69, 9.17) is 16.7 Å². The van der Waals surface area contributed by atoms with Gasteiger partial charge in [-0.25, -0.2) is 0 Å². The van der Waals surface area contributed by atoms with Crippen LogP contribution in [0, 0.1) is 0 Å². The summed E-state index contributed by atoms with van der Waals surface area (Å²) in [6.07, 6.45) is 1.21. The number of carbonyl (C=O) groups excluding carboxylic acids is 3. The van der Waals surface area contributed by atoms with Crippen LogP contribution in [0.1, 0.15) is 9.67 Å². The van der Waals surface area contributed by atoms with Gasteiger partial charge in [-0.05, 0) is 29.6 Å². The van der Waals surface area contributed by atoms with Crippen LogP contribution in [0.15, 0.2) is 47.5 Å². The Morgan fingerprint density at radius 3 is 2.58 bits per heavy atom. The van der Waals surface area contributed by atoms with Gasteiger partial charge in [0.05, 0.1) is 28.7 Å². The Morgan fingerprint density at radius 2 is 1.94 bits per heavy atom. The average molecular weight is 461 g/mol. The molecule has 0 bridgehead atoms. The van der Waals surface area contributed by atoms with Crippen LogP contribution in [0.3, 0.4) is 0 Å². The van der Waals surface area contributed by atoms with Crippen LogP contribution in [0.5, 0.6) is 0 Å². The molecule has 1 aromatic carbocycles. The van der Waals surface area contributed by atoms with E-state index in [1.807, 2.05) is 28.5 Å². The normalized spacial score (nSPS) is 16.7. The van der Waals surface area contributed by atoms with Crippen molar-refractivity contribution in [3.63, 3.8) is 0 Å². The lowest BCUT2D eigenvalue weighted by Crippen LogP contribution is -2.48. The number of hydrogen-bond donors (Lipinski definition) is 2. The van der Waals surface area contributed by atoms with E-state index >= 15 is 0 Å². The second-order valence-corrected chi connectivity index (χ2v) is 8.48. The maximum atomic E-state index is 12.5. The van der Waals surface area contributed by atoms with Crippen LogP contribution in [-0.4, -0.2) is 72.0 Å². The quantitative estimate of drug-likeness (QED) is 0.641. The number of benzene rings is 1. The highest BCUT2D eigenvalue weighted by atomic mass is 35.5. The summed E-state index contributed by atoms with van der Waals surface area (Å²) >= 11 is 7.94. The van der Waals surface area contributed by atoms with Crippen molar-refractivity contribution in [2.75, 3.05) is 49.5 Å². The number of nitrogens with one attached hydrogen (secondary N) is 1. The Balaban J connectivity index is 1.39. The maximum Gasteiger partial charge on any atom is 0.277 e. The van der Waals surface area contributed by atoms with Crippen molar-refractivity contribution in [2.45, 2.75) is 0 Å². The number of amides is 3. The number of imide groups is 1. The van der Waals surface area contributed by atoms with E-state index in [2.05, 4.69) is 10.2 Å². The van der Waals surface area contributed by atoms with Gasteiger partial charge in [0.25, 0.3) is 17.7 Å². The molecule has 2 aliphatic rings. The molecule has 2 N–H and O–H groups in total. The summed E-state index contributed by atoms with van der Waals surface area (Å²) in [5, 5.41) is 14.3. The molecular formula is C21H21ClN4O4S. The van der Waals surface area contributed by atoms with Crippen LogP contribution in [0.25, 0.3) is 0 Å². The molecule has 31 heavy (non-hydrogen) atoms. The zero-order chi connectivity index (χ0) is 22.0. The number of anilines is 2. The van der Waals surface area contributed by atoms with E-state index in [0.29, 0.717) is 36.9 Å². The number of rotatable bonds is 6. The van der Waals surface area contributed by atoms with E-state index in [-0.39, 0.29) is 24.8 Å². The molecule has 2 aromatic rings. The van der Waals surface area contributed by atoms with Crippen LogP contribution in [-0.2, 0) is 9.59 Å². The molecule has 1 saturated heterocycles. The SMILES string of the molecule is O=C(c1cccs1)N1CCN(c2ccc(NC3=CC(=O)N(CCO)C3=O)cc2Cl)CC1. The molecule has 2 aliphatic heterocycles. The first-order chi connectivity index (χ1) is 15.0. The van der Waals surface area contributed by atoms with Crippen LogP contribution < -0.4 is 10.2 Å². The summed E-state index contributed by atoms with van der Waals surface area (Å²) in [6, 6.07) is 9.06. The summed E-state index contributed by atoms with van der Waals surface area (Å²) in [5.74, 6) is -0.885.